The molecule has 1 aliphatic heterocycles. The quantitative estimate of drug-likeness (QED) is 0.719. The van der Waals surface area contributed by atoms with Crippen molar-refractivity contribution in [3.8, 4) is 0 Å². The molecule has 2 atom stereocenters. The maximum atomic E-state index is 12.4. The molecule has 0 aromatic rings. The van der Waals surface area contributed by atoms with Crippen LogP contribution >= 0.6 is 0 Å². The molecule has 1 saturated heterocycles. The topological polar surface area (TPSA) is 81.7 Å². The summed E-state index contributed by atoms with van der Waals surface area (Å²) in [6, 6.07) is 0.285. The van der Waals surface area contributed by atoms with Crippen LogP contribution in [0.3, 0.4) is 0 Å². The number of amides is 2. The van der Waals surface area contributed by atoms with E-state index in [9.17, 15) is 9.59 Å². The minimum atomic E-state index is -0.743. The molecule has 2 amide bonds. The maximum absolute atomic E-state index is 12.4. The molecule has 2 aliphatic rings. The number of piperidine rings is 1. The molecule has 2 rings (SSSR count). The number of nitrogens with one attached hydrogen (secondary N) is 2. The van der Waals surface area contributed by atoms with Crippen LogP contribution < -0.4 is 10.6 Å². The third-order valence-corrected chi connectivity index (χ3v) is 4.46. The molecule has 0 radical (unpaired) electrons. The van der Waals surface area contributed by atoms with Gasteiger partial charge in [-0.15, -0.1) is 0 Å². The second kappa shape index (κ2) is 6.92. The number of rotatable bonds is 4. The molecule has 3 N–H and O–H groups in total. The smallest absolute Gasteiger partial charge is 0.317 e. The fourth-order valence-corrected chi connectivity index (χ4v) is 3.28. The monoisotopic (exact) mass is 283 g/mol. The Bertz CT molecular complexity index is 356. The van der Waals surface area contributed by atoms with Crippen LogP contribution in [0.2, 0.25) is 0 Å². The van der Waals surface area contributed by atoms with E-state index >= 15 is 0 Å². The number of hydrogen-bond donors (Lipinski definition) is 3. The van der Waals surface area contributed by atoms with Crippen LogP contribution in [-0.2, 0) is 4.79 Å². The third-order valence-electron chi connectivity index (χ3n) is 4.46. The molecule has 0 aromatic heterocycles. The van der Waals surface area contributed by atoms with Crippen molar-refractivity contribution in [2.75, 3.05) is 19.6 Å². The maximum Gasteiger partial charge on any atom is 0.317 e. The van der Waals surface area contributed by atoms with Crippen LogP contribution in [-0.4, -0.2) is 53.7 Å². The molecular weight excluding hydrogens is 258 g/mol. The van der Waals surface area contributed by atoms with Gasteiger partial charge in [-0.25, -0.2) is 4.79 Å². The van der Waals surface area contributed by atoms with Crippen LogP contribution in [0.4, 0.5) is 4.79 Å². The van der Waals surface area contributed by atoms with Gasteiger partial charge in [-0.05, 0) is 52.1 Å². The van der Waals surface area contributed by atoms with Gasteiger partial charge in [0.2, 0.25) is 0 Å². The number of carbonyl (C=O) groups excluding carboxylic acids is 1. The first-order valence-electron chi connectivity index (χ1n) is 7.62. The summed E-state index contributed by atoms with van der Waals surface area (Å²) in [5.74, 6) is -1.04. The minimum absolute atomic E-state index is 0.0133. The molecule has 6 nitrogen and oxygen atoms in total. The summed E-state index contributed by atoms with van der Waals surface area (Å²) in [5.41, 5.74) is 0. The Morgan fingerprint density at radius 1 is 1.25 bits per heavy atom. The highest BCUT2D eigenvalue weighted by Gasteiger charge is 2.32. The van der Waals surface area contributed by atoms with Crippen molar-refractivity contribution < 1.29 is 14.7 Å². The fraction of sp³-hybridized carbons (Fsp3) is 0.857. The van der Waals surface area contributed by atoms with E-state index in [2.05, 4.69) is 10.6 Å². The number of carbonyl (C=O) groups is 2. The van der Waals surface area contributed by atoms with E-state index in [1.807, 2.05) is 11.8 Å². The Labute approximate surface area is 119 Å². The van der Waals surface area contributed by atoms with Crippen LogP contribution in [0.5, 0.6) is 0 Å². The van der Waals surface area contributed by atoms with E-state index in [4.69, 9.17) is 5.11 Å². The lowest BCUT2D eigenvalue weighted by Crippen LogP contribution is -2.51. The molecule has 6 heteroatoms. The number of carboxylic acids is 1. The Balaban J connectivity index is 1.85. The highest BCUT2D eigenvalue weighted by Crippen LogP contribution is 2.26. The van der Waals surface area contributed by atoms with Crippen LogP contribution in [0, 0.1) is 5.92 Å². The zero-order chi connectivity index (χ0) is 14.5. The zero-order valence-corrected chi connectivity index (χ0v) is 12.1. The first kappa shape index (κ1) is 15.1. The molecule has 114 valence electrons. The molecule has 0 spiro atoms. The van der Waals surface area contributed by atoms with Gasteiger partial charge in [0.05, 0.1) is 5.92 Å². The lowest BCUT2D eigenvalue weighted by atomic mass is 10.1. The first-order valence-corrected chi connectivity index (χ1v) is 7.62. The van der Waals surface area contributed by atoms with Gasteiger partial charge in [-0.3, -0.25) is 4.79 Å². The average Bonchev–Trinajstić information content (AvgIpc) is 2.89. The molecule has 1 aliphatic carbocycles. The highest BCUT2D eigenvalue weighted by molar-refractivity contribution is 5.75. The van der Waals surface area contributed by atoms with Crippen LogP contribution in [0.1, 0.15) is 39.0 Å². The largest absolute Gasteiger partial charge is 0.481 e. The summed E-state index contributed by atoms with van der Waals surface area (Å²) in [6.45, 7) is 4.61. The van der Waals surface area contributed by atoms with Crippen molar-refractivity contribution in [3.05, 3.63) is 0 Å². The van der Waals surface area contributed by atoms with Gasteiger partial charge in [0.15, 0.2) is 0 Å². The van der Waals surface area contributed by atoms with Crippen molar-refractivity contribution in [1.29, 1.82) is 0 Å². The lowest BCUT2D eigenvalue weighted by Gasteiger charge is -2.34. The number of urea groups is 1. The summed E-state index contributed by atoms with van der Waals surface area (Å²) in [5, 5.41) is 15.3. The van der Waals surface area contributed by atoms with Crippen molar-refractivity contribution >= 4 is 12.0 Å². The van der Waals surface area contributed by atoms with Gasteiger partial charge in [-0.1, -0.05) is 0 Å². The van der Waals surface area contributed by atoms with Crippen molar-refractivity contribution in [2.24, 2.45) is 5.92 Å². The second-order valence-corrected chi connectivity index (χ2v) is 5.76. The Kier molecular flexibility index (Phi) is 5.23. The van der Waals surface area contributed by atoms with E-state index in [1.165, 1.54) is 0 Å². The van der Waals surface area contributed by atoms with Gasteiger partial charge >= 0.3 is 12.0 Å². The molecule has 2 fully saturated rings. The molecule has 1 saturated carbocycles. The van der Waals surface area contributed by atoms with E-state index in [0.717, 1.165) is 32.4 Å². The van der Waals surface area contributed by atoms with E-state index < -0.39 is 5.97 Å². The van der Waals surface area contributed by atoms with E-state index in [0.29, 0.717) is 25.4 Å². The number of nitrogens with zero attached hydrogens (tertiary/aromatic N) is 1. The normalized spacial score (nSPS) is 27.2. The predicted octanol–water partition coefficient (Wildman–Crippen LogP) is 1.02. The molecule has 1 heterocycles. The Morgan fingerprint density at radius 3 is 2.50 bits per heavy atom. The predicted molar refractivity (Wildman–Crippen MR) is 75.6 cm³/mol. The third kappa shape index (κ3) is 3.62. The summed E-state index contributed by atoms with van der Waals surface area (Å²) >= 11 is 0. The summed E-state index contributed by atoms with van der Waals surface area (Å²) in [6.07, 6.45) is 3.98. The molecule has 0 bridgehead atoms. The van der Waals surface area contributed by atoms with E-state index in [-0.39, 0.29) is 18.0 Å². The molecule has 0 aromatic carbocycles. The second-order valence-electron chi connectivity index (χ2n) is 5.76. The zero-order valence-electron chi connectivity index (χ0n) is 12.1. The van der Waals surface area contributed by atoms with Gasteiger partial charge in [0.1, 0.15) is 0 Å². The highest BCUT2D eigenvalue weighted by atomic mass is 16.4. The van der Waals surface area contributed by atoms with Gasteiger partial charge in [0.25, 0.3) is 0 Å². The van der Waals surface area contributed by atoms with Gasteiger partial charge in [-0.2, -0.15) is 0 Å². The van der Waals surface area contributed by atoms with Crippen molar-refractivity contribution in [1.82, 2.24) is 15.5 Å². The Morgan fingerprint density at radius 2 is 1.95 bits per heavy atom. The fourth-order valence-electron chi connectivity index (χ4n) is 3.28. The number of hydrogen-bond acceptors (Lipinski definition) is 3. The summed E-state index contributed by atoms with van der Waals surface area (Å²) in [4.78, 5) is 25.2. The average molecular weight is 283 g/mol. The number of carboxylic acid groups (broad SMARTS) is 1. The Hall–Kier alpha value is -1.30. The SMILES string of the molecule is CCN(C(=O)NC1CCC(C(=O)O)C1)C1CCNCC1. The van der Waals surface area contributed by atoms with Crippen molar-refractivity contribution in [2.45, 2.75) is 51.1 Å². The minimum Gasteiger partial charge on any atom is -0.481 e. The first-order chi connectivity index (χ1) is 9.61. The molecule has 2 unspecified atom stereocenters. The summed E-state index contributed by atoms with van der Waals surface area (Å²) in [7, 11) is 0. The van der Waals surface area contributed by atoms with Crippen LogP contribution in [0.25, 0.3) is 0 Å². The summed E-state index contributed by atoms with van der Waals surface area (Å²) < 4.78 is 0. The van der Waals surface area contributed by atoms with Crippen molar-refractivity contribution in [3.63, 3.8) is 0 Å². The lowest BCUT2D eigenvalue weighted by molar-refractivity contribution is -0.141. The molecular formula is C14H25N3O3. The standard InChI is InChI=1S/C14H25N3O3/c1-2-17(12-5-7-15-8-6-12)14(20)16-11-4-3-10(9-11)13(18)19/h10-12,15H,2-9H2,1H3,(H,16,20)(H,18,19). The molecule has 20 heavy (non-hydrogen) atoms. The number of aliphatic carboxylic acids is 1. The van der Waals surface area contributed by atoms with Crippen LogP contribution in [0.15, 0.2) is 0 Å². The van der Waals surface area contributed by atoms with E-state index in [1.54, 1.807) is 0 Å². The van der Waals surface area contributed by atoms with Gasteiger partial charge in [0, 0.05) is 18.6 Å². The van der Waals surface area contributed by atoms with Gasteiger partial charge < -0.3 is 20.6 Å².